The van der Waals surface area contributed by atoms with Gasteiger partial charge in [0, 0.05) is 79.0 Å². The second-order valence-electron chi connectivity index (χ2n) is 24.2. The number of likely N-dealkylation sites (tertiary alicyclic amines) is 1. The van der Waals surface area contributed by atoms with Gasteiger partial charge in [-0.25, -0.2) is 15.0 Å². The van der Waals surface area contributed by atoms with E-state index in [2.05, 4.69) is 102 Å². The van der Waals surface area contributed by atoms with E-state index in [1.165, 1.54) is 32.4 Å². The molecule has 6 aromatic carbocycles. The highest BCUT2D eigenvalue weighted by molar-refractivity contribution is 6.16. The van der Waals surface area contributed by atoms with Gasteiger partial charge in [0.05, 0.1) is 117 Å². The van der Waals surface area contributed by atoms with Gasteiger partial charge in [0.25, 0.3) is 0 Å². The molecule has 0 atom stereocenters. The summed E-state index contributed by atoms with van der Waals surface area (Å²) in [5.74, 6) is 0. The van der Waals surface area contributed by atoms with Crippen LogP contribution in [0.2, 0.25) is 0 Å². The predicted molar refractivity (Wildman–Crippen MR) is 363 cm³/mol. The first-order valence-corrected chi connectivity index (χ1v) is 31.9. The Bertz CT molecular complexity index is 5260. The van der Waals surface area contributed by atoms with Crippen molar-refractivity contribution in [3.8, 4) is 0 Å². The average Bonchev–Trinajstić information content (AvgIpc) is 1.39. The molecule has 2 saturated heterocycles. The number of nitrogens with zero attached hydrogens (tertiary/aromatic N) is 13. The monoisotopic (exact) mass is 1200 g/mol. The van der Waals surface area contributed by atoms with Crippen molar-refractivity contribution in [1.82, 2.24) is 78.3 Å². The molecule has 15 aromatic rings. The van der Waals surface area contributed by atoms with Crippen molar-refractivity contribution in [2.24, 2.45) is 0 Å². The average molecular weight is 1200 g/mol. The van der Waals surface area contributed by atoms with Crippen LogP contribution in [0.4, 0.5) is 17.1 Å². The summed E-state index contributed by atoms with van der Waals surface area (Å²) in [6, 6.07) is 23.7. The van der Waals surface area contributed by atoms with Crippen LogP contribution in [0.25, 0.3) is 115 Å². The number of aromatic nitrogens is 12. The van der Waals surface area contributed by atoms with Crippen LogP contribution in [0.3, 0.4) is 0 Å². The van der Waals surface area contributed by atoms with Gasteiger partial charge in [-0.1, -0.05) is 20.3 Å². The Morgan fingerprint density at radius 1 is 0.444 bits per heavy atom. The molecule has 90 heavy (non-hydrogen) atoms. The lowest BCUT2D eigenvalue weighted by Gasteiger charge is -2.32. The summed E-state index contributed by atoms with van der Waals surface area (Å²) in [5, 5.41) is 38.6. The van der Waals surface area contributed by atoms with Crippen molar-refractivity contribution >= 4 is 132 Å². The molecule has 0 saturated carbocycles. The number of hydrogen-bond donors (Lipinski definition) is 6. The minimum Gasteiger partial charge on any atom is -0.384 e. The van der Waals surface area contributed by atoms with E-state index in [1.54, 1.807) is 24.9 Å². The quantitative estimate of drug-likeness (QED) is 0.0368. The minimum absolute atomic E-state index is 0.0249. The molecule has 0 radical (unpaired) electrons. The van der Waals surface area contributed by atoms with Crippen LogP contribution in [0.5, 0.6) is 0 Å². The number of piperazine rings is 1. The Balaban J connectivity index is 0.000000113. The fraction of sp³-hybridized carbons (Fsp3) is 0.338. The van der Waals surface area contributed by atoms with E-state index in [9.17, 15) is 14.4 Å². The number of imidazole rings is 3. The van der Waals surface area contributed by atoms with E-state index >= 15 is 0 Å². The van der Waals surface area contributed by atoms with Crippen LogP contribution in [0, 0.1) is 0 Å². The standard InChI is InChI=1S/C23H25N7O.C23H24N6O.C22H24N6O/c1-28-9-11-29(12-10-28)8-2-7-24-17-3-4-18-22-21(17)23(31)20-15-13-26-27-16(15)5-6-19(20)30(22)14-25-18;30-23-20-15-13-26-27-16(15)7-8-19(20)29-14-25-18-6-5-17(21(23)22(18)29)24-9-4-12-28-10-2-1-3-11-28;1-3-27(4-2)11-5-10-23-16-6-7-17-21-20(16)22(29)19-14-12-25-26-15(14)8-9-18(19)28(21)13-24-17/h3-6,13-14,24H,2,7-12H2,1H3,(H,26,27);5-8,13-14,24H,1-4,9-12H2,(H,26,27);6-9,12-13,23H,3-5,10-11H2,1-2H3,(H,25,26). The maximum atomic E-state index is 13.7. The van der Waals surface area contributed by atoms with Gasteiger partial charge in [0.1, 0.15) is 19.0 Å². The van der Waals surface area contributed by atoms with Gasteiger partial charge in [0.2, 0.25) is 0 Å². The molecule has 0 unspecified atom stereocenters. The fourth-order valence-electron chi connectivity index (χ4n) is 14.1. The third-order valence-electron chi connectivity index (χ3n) is 18.9. The summed E-state index contributed by atoms with van der Waals surface area (Å²) >= 11 is 0. The molecule has 17 rings (SSSR count). The molecule has 2 fully saturated rings. The van der Waals surface area contributed by atoms with E-state index in [0.29, 0.717) is 32.3 Å². The first-order chi connectivity index (χ1) is 44.2. The summed E-state index contributed by atoms with van der Waals surface area (Å²) in [6.07, 6.45) is 17.7. The molecular weight excluding hydrogens is 1130 g/mol. The highest BCUT2D eigenvalue weighted by atomic mass is 16.1. The van der Waals surface area contributed by atoms with Gasteiger partial charge < -0.3 is 35.6 Å². The molecule has 9 aromatic heterocycles. The van der Waals surface area contributed by atoms with Crippen molar-refractivity contribution in [3.63, 3.8) is 0 Å². The lowest BCUT2D eigenvalue weighted by Crippen LogP contribution is -2.44. The minimum atomic E-state index is 0.0249. The molecule has 11 heterocycles. The van der Waals surface area contributed by atoms with Crippen molar-refractivity contribution in [2.75, 3.05) is 115 Å². The molecule has 0 spiro atoms. The topological polar surface area (TPSA) is 238 Å². The maximum absolute atomic E-state index is 13.7. The first-order valence-electron chi connectivity index (χ1n) is 31.9. The zero-order valence-electron chi connectivity index (χ0n) is 51.1. The van der Waals surface area contributed by atoms with E-state index in [4.69, 9.17) is 0 Å². The maximum Gasteiger partial charge on any atom is 0.200 e. The fourth-order valence-corrected chi connectivity index (χ4v) is 14.1. The Hall–Kier alpha value is -9.61. The summed E-state index contributed by atoms with van der Waals surface area (Å²) < 4.78 is 6.09. The number of hydrogen-bond acceptors (Lipinski definition) is 16. The van der Waals surface area contributed by atoms with E-state index in [-0.39, 0.29) is 16.3 Å². The van der Waals surface area contributed by atoms with Crippen LogP contribution in [0.15, 0.2) is 125 Å². The van der Waals surface area contributed by atoms with Crippen LogP contribution < -0.4 is 32.2 Å². The van der Waals surface area contributed by atoms with Crippen LogP contribution >= 0.6 is 0 Å². The van der Waals surface area contributed by atoms with Gasteiger partial charge in [-0.15, -0.1) is 0 Å². The normalized spacial score (nSPS) is 14.8. The van der Waals surface area contributed by atoms with Crippen molar-refractivity contribution in [2.45, 2.75) is 52.4 Å². The Morgan fingerprint density at radius 3 is 1.21 bits per heavy atom. The van der Waals surface area contributed by atoms with E-state index < -0.39 is 0 Å². The molecule has 0 bridgehead atoms. The highest BCUT2D eigenvalue weighted by Crippen LogP contribution is 2.35. The number of fused-ring (bicyclic) bond motifs is 12. The number of piperidine rings is 1. The number of pyridine rings is 3. The Morgan fingerprint density at radius 2 is 0.822 bits per heavy atom. The van der Waals surface area contributed by atoms with Crippen LogP contribution in [-0.4, -0.2) is 177 Å². The number of H-pyrrole nitrogens is 3. The number of anilines is 3. The number of likely N-dealkylation sites (N-methyl/N-ethyl adjacent to an activating group) is 1. The SMILES string of the molecule is CCN(CC)CCCNc1ccc2ncn3c4ccc5[nH]ncc5c4c(=O)c1c23.CN1CCN(CCCNc2ccc3ncn4c5ccc6[nH]ncc6c5c(=O)c2c34)CC1.O=c1c2c(NCCCN3CCCCC3)ccc3ncn(c4ccc5[nH]ncc5c14)c32. The number of aromatic amines is 3. The third kappa shape index (κ3) is 10.0. The number of benzene rings is 6. The second kappa shape index (κ2) is 24.1. The van der Waals surface area contributed by atoms with Gasteiger partial charge in [-0.05, 0) is 158 Å². The molecule has 0 aliphatic carbocycles. The summed E-state index contributed by atoms with van der Waals surface area (Å²) in [5.41, 5.74) is 13.1. The first kappa shape index (κ1) is 56.9. The Labute approximate surface area is 515 Å². The molecule has 2 aliphatic heterocycles. The highest BCUT2D eigenvalue weighted by Gasteiger charge is 2.23. The van der Waals surface area contributed by atoms with Gasteiger partial charge in [-0.2, -0.15) is 15.3 Å². The number of nitrogens with one attached hydrogen (secondary N) is 6. The van der Waals surface area contributed by atoms with Crippen LogP contribution in [0.1, 0.15) is 52.4 Å². The van der Waals surface area contributed by atoms with Gasteiger partial charge in [0.15, 0.2) is 16.3 Å². The summed E-state index contributed by atoms with van der Waals surface area (Å²) in [6.45, 7) is 19.2. The molecule has 6 N–H and O–H groups in total. The molecule has 22 nitrogen and oxygen atoms in total. The zero-order valence-corrected chi connectivity index (χ0v) is 51.1. The number of rotatable bonds is 17. The van der Waals surface area contributed by atoms with Crippen LogP contribution in [-0.2, 0) is 0 Å². The largest absolute Gasteiger partial charge is 0.384 e. The third-order valence-corrected chi connectivity index (χ3v) is 18.9. The molecule has 2 aliphatic rings. The molecule has 22 heteroatoms. The van der Waals surface area contributed by atoms with Gasteiger partial charge >= 0.3 is 0 Å². The van der Waals surface area contributed by atoms with Crippen molar-refractivity contribution in [1.29, 1.82) is 0 Å². The summed E-state index contributed by atoms with van der Waals surface area (Å²) in [7, 11) is 2.18. The predicted octanol–water partition coefficient (Wildman–Crippen LogP) is 9.43. The molecule has 458 valence electrons. The lowest BCUT2D eigenvalue weighted by atomic mass is 10.0. The smallest absolute Gasteiger partial charge is 0.200 e. The molecular formula is C68H73N19O3. The lowest BCUT2D eigenvalue weighted by molar-refractivity contribution is 0.154. The van der Waals surface area contributed by atoms with E-state index in [0.717, 1.165) is 197 Å². The van der Waals surface area contributed by atoms with Gasteiger partial charge in [-0.3, -0.25) is 42.9 Å². The van der Waals surface area contributed by atoms with Crippen molar-refractivity contribution in [3.05, 3.63) is 141 Å². The second-order valence-corrected chi connectivity index (χ2v) is 24.2. The van der Waals surface area contributed by atoms with Crippen molar-refractivity contribution < 1.29 is 0 Å². The molecule has 0 amide bonds. The Kier molecular flexibility index (Phi) is 15.2. The summed E-state index contributed by atoms with van der Waals surface area (Å²) in [4.78, 5) is 64.5. The van der Waals surface area contributed by atoms with E-state index in [1.807, 2.05) is 98.7 Å². The zero-order chi connectivity index (χ0) is 61.0.